The maximum Gasteiger partial charge on any atom is 0.146 e. The number of nitriles is 1. The summed E-state index contributed by atoms with van der Waals surface area (Å²) in [6, 6.07) is 12.6. The normalized spacial score (nSPS) is 17.5. The third-order valence-corrected chi connectivity index (χ3v) is 3.63. The van der Waals surface area contributed by atoms with Crippen molar-refractivity contribution in [3.05, 3.63) is 54.0 Å². The van der Waals surface area contributed by atoms with Crippen LogP contribution >= 0.6 is 0 Å². The number of para-hydroxylation sites is 1. The minimum atomic E-state index is -0.186. The van der Waals surface area contributed by atoms with Crippen molar-refractivity contribution < 1.29 is 4.39 Å². The van der Waals surface area contributed by atoms with Gasteiger partial charge < -0.3 is 10.2 Å². The molecule has 0 saturated carbocycles. The standard InChI is InChI=1S/C16H15FN4/c17-14-3-1-2-4-15(14)21-8-7-13(11-21)20-16-6-5-12(9-18)10-19-16/h1-6,10,13H,7-8,11H2,(H,19,20). The highest BCUT2D eigenvalue weighted by atomic mass is 19.1. The lowest BCUT2D eigenvalue weighted by Gasteiger charge is -2.19. The highest BCUT2D eigenvalue weighted by Gasteiger charge is 2.24. The van der Waals surface area contributed by atoms with Gasteiger partial charge in [0.25, 0.3) is 0 Å². The number of anilines is 2. The van der Waals surface area contributed by atoms with E-state index >= 15 is 0 Å². The molecule has 0 amide bonds. The molecule has 0 radical (unpaired) electrons. The highest BCUT2D eigenvalue weighted by Crippen LogP contribution is 2.24. The molecule has 4 nitrogen and oxygen atoms in total. The quantitative estimate of drug-likeness (QED) is 0.940. The van der Waals surface area contributed by atoms with Crippen LogP contribution in [0.5, 0.6) is 0 Å². The molecule has 1 N–H and O–H groups in total. The van der Waals surface area contributed by atoms with Gasteiger partial charge in [-0.3, -0.25) is 0 Å². The third-order valence-electron chi connectivity index (χ3n) is 3.63. The van der Waals surface area contributed by atoms with Crippen LogP contribution in [0.2, 0.25) is 0 Å². The Balaban J connectivity index is 1.64. The molecule has 1 fully saturated rings. The first-order chi connectivity index (χ1) is 10.3. The van der Waals surface area contributed by atoms with Crippen LogP contribution in [0, 0.1) is 17.1 Å². The topological polar surface area (TPSA) is 52.0 Å². The molecule has 106 valence electrons. The summed E-state index contributed by atoms with van der Waals surface area (Å²) in [5.41, 5.74) is 1.19. The maximum absolute atomic E-state index is 13.8. The van der Waals surface area contributed by atoms with Gasteiger partial charge in [-0.25, -0.2) is 9.37 Å². The first-order valence-corrected chi connectivity index (χ1v) is 6.88. The number of nitrogens with zero attached hydrogens (tertiary/aromatic N) is 3. The van der Waals surface area contributed by atoms with Gasteiger partial charge in [0.2, 0.25) is 0 Å². The second-order valence-corrected chi connectivity index (χ2v) is 5.07. The predicted molar refractivity (Wildman–Crippen MR) is 79.6 cm³/mol. The fourth-order valence-electron chi connectivity index (χ4n) is 2.56. The Bertz CT molecular complexity index is 663. The van der Waals surface area contributed by atoms with E-state index in [2.05, 4.69) is 10.3 Å². The van der Waals surface area contributed by atoms with E-state index in [4.69, 9.17) is 5.26 Å². The van der Waals surface area contributed by atoms with Gasteiger partial charge >= 0.3 is 0 Å². The molecule has 1 saturated heterocycles. The first-order valence-electron chi connectivity index (χ1n) is 6.88. The summed E-state index contributed by atoms with van der Waals surface area (Å²) in [5, 5.41) is 12.1. The van der Waals surface area contributed by atoms with Crippen molar-refractivity contribution in [3.63, 3.8) is 0 Å². The monoisotopic (exact) mass is 282 g/mol. The van der Waals surface area contributed by atoms with Crippen molar-refractivity contribution >= 4 is 11.5 Å². The van der Waals surface area contributed by atoms with Crippen LogP contribution < -0.4 is 10.2 Å². The second-order valence-electron chi connectivity index (χ2n) is 5.07. The van der Waals surface area contributed by atoms with E-state index in [0.29, 0.717) is 11.3 Å². The van der Waals surface area contributed by atoms with Crippen molar-refractivity contribution in [2.75, 3.05) is 23.3 Å². The zero-order valence-corrected chi connectivity index (χ0v) is 11.5. The van der Waals surface area contributed by atoms with Gasteiger partial charge in [0.05, 0.1) is 11.3 Å². The van der Waals surface area contributed by atoms with Crippen molar-refractivity contribution in [1.29, 1.82) is 5.26 Å². The predicted octanol–water partition coefficient (Wildman–Crippen LogP) is 2.78. The summed E-state index contributed by atoms with van der Waals surface area (Å²) in [7, 11) is 0. The molecule has 1 atom stereocenters. The number of hydrogen-bond donors (Lipinski definition) is 1. The molecule has 1 aliphatic rings. The van der Waals surface area contributed by atoms with Crippen LogP contribution in [0.4, 0.5) is 15.9 Å². The lowest BCUT2D eigenvalue weighted by Crippen LogP contribution is -2.26. The first kappa shape index (κ1) is 13.4. The average molecular weight is 282 g/mol. The van der Waals surface area contributed by atoms with Gasteiger partial charge in [0, 0.05) is 25.3 Å². The lowest BCUT2D eigenvalue weighted by molar-refractivity contribution is 0.623. The summed E-state index contributed by atoms with van der Waals surface area (Å²) in [4.78, 5) is 6.24. The number of pyridine rings is 1. The van der Waals surface area contributed by atoms with Gasteiger partial charge in [0.15, 0.2) is 0 Å². The molecule has 0 aliphatic carbocycles. The molecule has 0 bridgehead atoms. The summed E-state index contributed by atoms with van der Waals surface area (Å²) in [5.74, 6) is 0.559. The van der Waals surface area contributed by atoms with Gasteiger partial charge in [-0.2, -0.15) is 5.26 Å². The Hall–Kier alpha value is -2.61. The maximum atomic E-state index is 13.8. The summed E-state index contributed by atoms with van der Waals surface area (Å²) < 4.78 is 13.8. The molecule has 5 heteroatoms. The Morgan fingerprint density at radius 2 is 2.14 bits per heavy atom. The summed E-state index contributed by atoms with van der Waals surface area (Å²) in [6.45, 7) is 1.55. The van der Waals surface area contributed by atoms with Crippen molar-refractivity contribution in [2.45, 2.75) is 12.5 Å². The molecule has 3 rings (SSSR count). The van der Waals surface area contributed by atoms with Crippen LogP contribution in [-0.2, 0) is 0 Å². The second kappa shape index (κ2) is 5.80. The van der Waals surface area contributed by atoms with E-state index in [9.17, 15) is 4.39 Å². The SMILES string of the molecule is N#Cc1ccc(NC2CCN(c3ccccc3F)C2)nc1. The molecular weight excluding hydrogens is 267 g/mol. The zero-order valence-electron chi connectivity index (χ0n) is 11.5. The van der Waals surface area contributed by atoms with Crippen molar-refractivity contribution in [2.24, 2.45) is 0 Å². The molecule has 2 aromatic rings. The van der Waals surface area contributed by atoms with Gasteiger partial charge in [0.1, 0.15) is 17.7 Å². The number of hydrogen-bond acceptors (Lipinski definition) is 4. The minimum Gasteiger partial charge on any atom is -0.367 e. The number of halogens is 1. The van der Waals surface area contributed by atoms with Crippen LogP contribution in [0.1, 0.15) is 12.0 Å². The number of aromatic nitrogens is 1. The van der Waals surface area contributed by atoms with Crippen LogP contribution in [0.25, 0.3) is 0 Å². The lowest BCUT2D eigenvalue weighted by atomic mass is 10.2. The zero-order chi connectivity index (χ0) is 14.7. The Kier molecular flexibility index (Phi) is 3.69. The van der Waals surface area contributed by atoms with E-state index in [1.807, 2.05) is 17.0 Å². The molecule has 1 aromatic carbocycles. The van der Waals surface area contributed by atoms with Crippen molar-refractivity contribution in [1.82, 2.24) is 4.98 Å². The molecule has 2 heterocycles. The Morgan fingerprint density at radius 3 is 2.86 bits per heavy atom. The van der Waals surface area contributed by atoms with E-state index in [1.54, 1.807) is 30.5 Å². The van der Waals surface area contributed by atoms with Gasteiger partial charge in [-0.05, 0) is 30.7 Å². The van der Waals surface area contributed by atoms with Gasteiger partial charge in [-0.1, -0.05) is 12.1 Å². The highest BCUT2D eigenvalue weighted by molar-refractivity contribution is 5.50. The minimum absolute atomic E-state index is 0.186. The van der Waals surface area contributed by atoms with Crippen LogP contribution in [0.15, 0.2) is 42.6 Å². The van der Waals surface area contributed by atoms with Gasteiger partial charge in [-0.15, -0.1) is 0 Å². The molecule has 1 aliphatic heterocycles. The molecule has 1 aromatic heterocycles. The Morgan fingerprint density at radius 1 is 1.29 bits per heavy atom. The average Bonchev–Trinajstić information content (AvgIpc) is 2.97. The molecular formula is C16H15FN4. The van der Waals surface area contributed by atoms with E-state index < -0.39 is 0 Å². The van der Waals surface area contributed by atoms with E-state index in [0.717, 1.165) is 25.3 Å². The summed E-state index contributed by atoms with van der Waals surface area (Å²) >= 11 is 0. The third kappa shape index (κ3) is 2.95. The largest absolute Gasteiger partial charge is 0.367 e. The molecule has 21 heavy (non-hydrogen) atoms. The van der Waals surface area contributed by atoms with E-state index in [-0.39, 0.29) is 11.9 Å². The Labute approximate surface area is 122 Å². The fourth-order valence-corrected chi connectivity index (χ4v) is 2.56. The smallest absolute Gasteiger partial charge is 0.146 e. The van der Waals surface area contributed by atoms with Crippen LogP contribution in [0.3, 0.4) is 0 Å². The number of rotatable bonds is 3. The molecule has 1 unspecified atom stereocenters. The molecule has 0 spiro atoms. The van der Waals surface area contributed by atoms with Crippen LogP contribution in [-0.4, -0.2) is 24.1 Å². The van der Waals surface area contributed by atoms with E-state index in [1.165, 1.54) is 6.07 Å². The van der Waals surface area contributed by atoms with Crippen molar-refractivity contribution in [3.8, 4) is 6.07 Å². The summed E-state index contributed by atoms with van der Waals surface area (Å²) in [6.07, 6.45) is 2.47. The number of nitrogens with one attached hydrogen (secondary N) is 1. The number of benzene rings is 1. The fraction of sp³-hybridized carbons (Fsp3) is 0.250.